The Bertz CT molecular complexity index is 448. The summed E-state index contributed by atoms with van der Waals surface area (Å²) in [5.74, 6) is -1.49. The van der Waals surface area contributed by atoms with Crippen LogP contribution in [0.5, 0.6) is 11.5 Å². The first-order valence-corrected chi connectivity index (χ1v) is 4.41. The molecule has 2 N–H and O–H groups in total. The van der Waals surface area contributed by atoms with Crippen LogP contribution in [0.3, 0.4) is 0 Å². The van der Waals surface area contributed by atoms with Crippen molar-refractivity contribution in [3.8, 4) is 11.5 Å². The summed E-state index contributed by atoms with van der Waals surface area (Å²) < 4.78 is 4.84. The lowest BCUT2D eigenvalue weighted by molar-refractivity contribution is -0.132. The maximum atomic E-state index is 10.8. The molecule has 0 bridgehead atoms. The van der Waals surface area contributed by atoms with Gasteiger partial charge in [-0.05, 0) is 24.3 Å². The van der Waals surface area contributed by atoms with E-state index in [1.54, 1.807) is 0 Å². The van der Waals surface area contributed by atoms with Crippen molar-refractivity contribution >= 4 is 18.0 Å². The fraction of sp³-hybridized carbons (Fsp3) is 0.0909. The lowest BCUT2D eigenvalue weighted by Crippen LogP contribution is -2.02. The minimum Gasteiger partial charge on any atom is -0.508 e. The lowest BCUT2D eigenvalue weighted by atomic mass is 10.1. The molecule has 5 heteroatoms. The fourth-order valence-corrected chi connectivity index (χ4v) is 1.07. The number of esters is 1. The van der Waals surface area contributed by atoms with E-state index in [1.165, 1.54) is 31.2 Å². The summed E-state index contributed by atoms with van der Waals surface area (Å²) in [7, 11) is 0. The molecule has 16 heavy (non-hydrogen) atoms. The standard InChI is InChI=1S/C11H10O5/c1-7(12)16-10-4-3-9(13)6-8(10)2-5-11(14)15/h2-6,13H,1H3,(H,14,15)/b5-2+. The van der Waals surface area contributed by atoms with E-state index in [4.69, 9.17) is 9.84 Å². The monoisotopic (exact) mass is 222 g/mol. The van der Waals surface area contributed by atoms with Crippen molar-refractivity contribution in [3.63, 3.8) is 0 Å². The Morgan fingerprint density at radius 2 is 2.06 bits per heavy atom. The van der Waals surface area contributed by atoms with Gasteiger partial charge in [-0.1, -0.05) is 0 Å². The number of phenols is 1. The number of carbonyl (C=O) groups excluding carboxylic acids is 1. The van der Waals surface area contributed by atoms with Crippen molar-refractivity contribution in [2.24, 2.45) is 0 Å². The summed E-state index contributed by atoms with van der Waals surface area (Å²) in [6.07, 6.45) is 2.13. The highest BCUT2D eigenvalue weighted by atomic mass is 16.5. The van der Waals surface area contributed by atoms with Gasteiger partial charge in [0.05, 0.1) is 0 Å². The molecule has 0 saturated carbocycles. The zero-order valence-corrected chi connectivity index (χ0v) is 8.51. The van der Waals surface area contributed by atoms with Gasteiger partial charge < -0.3 is 14.9 Å². The van der Waals surface area contributed by atoms with E-state index in [0.717, 1.165) is 6.08 Å². The van der Waals surface area contributed by atoms with Crippen LogP contribution in [0.2, 0.25) is 0 Å². The number of carboxylic acids is 1. The third-order valence-corrected chi connectivity index (χ3v) is 1.65. The van der Waals surface area contributed by atoms with Gasteiger partial charge in [-0.15, -0.1) is 0 Å². The van der Waals surface area contributed by atoms with E-state index >= 15 is 0 Å². The van der Waals surface area contributed by atoms with Gasteiger partial charge in [0, 0.05) is 18.6 Å². The highest BCUT2D eigenvalue weighted by molar-refractivity contribution is 5.86. The molecular formula is C11H10O5. The van der Waals surface area contributed by atoms with E-state index in [2.05, 4.69) is 0 Å². The first-order chi connectivity index (χ1) is 7.49. The third kappa shape index (κ3) is 3.45. The Hall–Kier alpha value is -2.30. The number of phenolic OH excluding ortho intramolecular Hbond substituents is 1. The number of aromatic hydroxyl groups is 1. The van der Waals surface area contributed by atoms with E-state index < -0.39 is 11.9 Å². The first-order valence-electron chi connectivity index (χ1n) is 4.41. The largest absolute Gasteiger partial charge is 0.508 e. The van der Waals surface area contributed by atoms with Crippen molar-refractivity contribution in [3.05, 3.63) is 29.8 Å². The van der Waals surface area contributed by atoms with Crippen molar-refractivity contribution < 1.29 is 24.5 Å². The molecule has 0 aliphatic carbocycles. The van der Waals surface area contributed by atoms with Crippen LogP contribution in [-0.2, 0) is 9.59 Å². The molecule has 1 aromatic carbocycles. The molecule has 0 aliphatic heterocycles. The zero-order valence-electron chi connectivity index (χ0n) is 8.51. The molecule has 0 heterocycles. The van der Waals surface area contributed by atoms with Gasteiger partial charge in [0.15, 0.2) is 0 Å². The fourth-order valence-electron chi connectivity index (χ4n) is 1.07. The molecule has 84 valence electrons. The molecule has 0 atom stereocenters. The predicted molar refractivity (Wildman–Crippen MR) is 56.1 cm³/mol. The lowest BCUT2D eigenvalue weighted by Gasteiger charge is -2.05. The molecule has 0 unspecified atom stereocenters. The molecular weight excluding hydrogens is 212 g/mol. The number of hydrogen-bond acceptors (Lipinski definition) is 4. The average molecular weight is 222 g/mol. The molecule has 0 aliphatic rings. The van der Waals surface area contributed by atoms with Gasteiger partial charge in [-0.2, -0.15) is 0 Å². The van der Waals surface area contributed by atoms with Crippen LogP contribution in [0.15, 0.2) is 24.3 Å². The number of carboxylic acid groups (broad SMARTS) is 1. The van der Waals surface area contributed by atoms with Gasteiger partial charge in [-0.25, -0.2) is 4.79 Å². The van der Waals surface area contributed by atoms with Gasteiger partial charge in [-0.3, -0.25) is 4.79 Å². The Balaban J connectivity index is 3.07. The molecule has 0 aromatic heterocycles. The zero-order chi connectivity index (χ0) is 12.1. The second-order valence-corrected chi connectivity index (χ2v) is 2.99. The third-order valence-electron chi connectivity index (χ3n) is 1.65. The first kappa shape index (κ1) is 11.8. The molecule has 1 aromatic rings. The van der Waals surface area contributed by atoms with Crippen molar-refractivity contribution in [2.45, 2.75) is 6.92 Å². The Kier molecular flexibility index (Phi) is 3.66. The summed E-state index contributed by atoms with van der Waals surface area (Å²) in [6.45, 7) is 1.23. The molecule has 5 nitrogen and oxygen atoms in total. The number of rotatable bonds is 3. The molecule has 0 spiro atoms. The van der Waals surface area contributed by atoms with Crippen molar-refractivity contribution in [2.75, 3.05) is 0 Å². The smallest absolute Gasteiger partial charge is 0.328 e. The van der Waals surface area contributed by atoms with Crippen molar-refractivity contribution in [1.82, 2.24) is 0 Å². The van der Waals surface area contributed by atoms with Crippen LogP contribution < -0.4 is 4.74 Å². The van der Waals surface area contributed by atoms with Crippen LogP contribution in [-0.4, -0.2) is 22.2 Å². The Morgan fingerprint density at radius 1 is 1.38 bits per heavy atom. The summed E-state index contributed by atoms with van der Waals surface area (Å²) in [5, 5.41) is 17.7. The summed E-state index contributed by atoms with van der Waals surface area (Å²) in [5.41, 5.74) is 0.317. The Morgan fingerprint density at radius 3 is 2.62 bits per heavy atom. The molecule has 0 radical (unpaired) electrons. The Labute approximate surface area is 91.6 Å². The van der Waals surface area contributed by atoms with E-state index in [-0.39, 0.29) is 11.5 Å². The van der Waals surface area contributed by atoms with E-state index in [1.807, 2.05) is 0 Å². The van der Waals surface area contributed by atoms with Crippen LogP contribution >= 0.6 is 0 Å². The number of benzene rings is 1. The summed E-state index contributed by atoms with van der Waals surface area (Å²) >= 11 is 0. The topological polar surface area (TPSA) is 83.8 Å². The minimum absolute atomic E-state index is 0.0408. The predicted octanol–water partition coefficient (Wildman–Crippen LogP) is 1.42. The highest BCUT2D eigenvalue weighted by Gasteiger charge is 2.05. The maximum absolute atomic E-state index is 10.8. The molecule has 0 amide bonds. The SMILES string of the molecule is CC(=O)Oc1ccc(O)cc1/C=C/C(=O)O. The summed E-state index contributed by atoms with van der Waals surface area (Å²) in [4.78, 5) is 21.1. The van der Waals surface area contributed by atoms with E-state index in [9.17, 15) is 14.7 Å². The maximum Gasteiger partial charge on any atom is 0.328 e. The number of hydrogen-bond donors (Lipinski definition) is 2. The van der Waals surface area contributed by atoms with E-state index in [0.29, 0.717) is 5.56 Å². The quantitative estimate of drug-likeness (QED) is 0.459. The van der Waals surface area contributed by atoms with Gasteiger partial charge in [0.25, 0.3) is 0 Å². The second-order valence-electron chi connectivity index (χ2n) is 2.99. The normalized spacial score (nSPS) is 10.3. The second kappa shape index (κ2) is 4.97. The number of carbonyl (C=O) groups is 2. The van der Waals surface area contributed by atoms with Gasteiger partial charge >= 0.3 is 11.9 Å². The average Bonchev–Trinajstić information content (AvgIpc) is 2.17. The van der Waals surface area contributed by atoms with Crippen LogP contribution in [0.4, 0.5) is 0 Å². The van der Waals surface area contributed by atoms with Gasteiger partial charge in [0.1, 0.15) is 11.5 Å². The molecule has 1 rings (SSSR count). The van der Waals surface area contributed by atoms with Crippen LogP contribution in [0.1, 0.15) is 12.5 Å². The molecule has 0 saturated heterocycles. The van der Waals surface area contributed by atoms with Crippen molar-refractivity contribution in [1.29, 1.82) is 0 Å². The number of aliphatic carboxylic acids is 1. The van der Waals surface area contributed by atoms with Crippen LogP contribution in [0, 0.1) is 0 Å². The highest BCUT2D eigenvalue weighted by Crippen LogP contribution is 2.24. The summed E-state index contributed by atoms with van der Waals surface area (Å²) in [6, 6.07) is 4.03. The minimum atomic E-state index is -1.13. The molecule has 0 fully saturated rings. The van der Waals surface area contributed by atoms with Gasteiger partial charge in [0.2, 0.25) is 0 Å². The van der Waals surface area contributed by atoms with Crippen LogP contribution in [0.25, 0.3) is 6.08 Å². The number of ether oxygens (including phenoxy) is 1.